The number of hydrogen-bond acceptors (Lipinski definition) is 5. The zero-order valence-electron chi connectivity index (χ0n) is 15.3. The van der Waals surface area contributed by atoms with E-state index in [0.29, 0.717) is 23.7 Å². The number of nitrogens with zero attached hydrogens (tertiary/aromatic N) is 1. The second-order valence-electron chi connectivity index (χ2n) is 6.21. The third-order valence-electron chi connectivity index (χ3n) is 4.12. The highest BCUT2D eigenvalue weighted by atomic mass is 32.1. The van der Waals surface area contributed by atoms with Crippen LogP contribution >= 0.6 is 11.3 Å². The number of benzene rings is 1. The number of aryl methyl sites for hydroxylation is 1. The summed E-state index contributed by atoms with van der Waals surface area (Å²) >= 11 is 1.25. The molecule has 144 valence electrons. The molecule has 2 amide bonds. The van der Waals surface area contributed by atoms with Crippen molar-refractivity contribution in [2.45, 2.75) is 25.8 Å². The van der Waals surface area contributed by atoms with Gasteiger partial charge in [-0.3, -0.25) is 19.7 Å². The van der Waals surface area contributed by atoms with E-state index in [1.807, 2.05) is 37.3 Å². The molecule has 3 aromatic rings. The van der Waals surface area contributed by atoms with Crippen molar-refractivity contribution in [2.75, 3.05) is 5.32 Å². The maximum absolute atomic E-state index is 12.2. The maximum atomic E-state index is 12.2. The Hall–Kier alpha value is -3.26. The molecule has 0 unspecified atom stereocenters. The second kappa shape index (κ2) is 9.09. The van der Waals surface area contributed by atoms with E-state index >= 15 is 0 Å². The van der Waals surface area contributed by atoms with Crippen molar-refractivity contribution < 1.29 is 9.59 Å². The molecule has 2 aromatic heterocycles. The summed E-state index contributed by atoms with van der Waals surface area (Å²) in [6.45, 7) is 1.94. The summed E-state index contributed by atoms with van der Waals surface area (Å²) < 4.78 is 0. The predicted molar refractivity (Wildman–Crippen MR) is 108 cm³/mol. The fourth-order valence-corrected chi connectivity index (χ4v) is 3.36. The topological polar surface area (TPSA) is 104 Å². The number of amides is 2. The maximum Gasteiger partial charge on any atom is 0.263 e. The Morgan fingerprint density at radius 1 is 1.18 bits per heavy atom. The lowest BCUT2D eigenvalue weighted by molar-refractivity contribution is -0.121. The zero-order chi connectivity index (χ0) is 19.9. The van der Waals surface area contributed by atoms with Crippen molar-refractivity contribution >= 4 is 28.3 Å². The Balaban J connectivity index is 1.50. The van der Waals surface area contributed by atoms with Gasteiger partial charge in [0.1, 0.15) is 5.56 Å². The van der Waals surface area contributed by atoms with E-state index in [0.717, 1.165) is 5.56 Å². The summed E-state index contributed by atoms with van der Waals surface area (Å²) in [7, 11) is 0. The first-order valence-corrected chi connectivity index (χ1v) is 9.68. The van der Waals surface area contributed by atoms with Crippen LogP contribution in [0.2, 0.25) is 0 Å². The number of aromatic amines is 1. The van der Waals surface area contributed by atoms with Gasteiger partial charge in [-0.1, -0.05) is 30.3 Å². The first-order valence-electron chi connectivity index (χ1n) is 8.80. The Morgan fingerprint density at radius 3 is 2.71 bits per heavy atom. The molecule has 0 saturated carbocycles. The molecule has 8 heteroatoms. The van der Waals surface area contributed by atoms with Gasteiger partial charge in [0.25, 0.3) is 11.5 Å². The number of aromatic nitrogens is 2. The number of H-pyrrole nitrogens is 1. The van der Waals surface area contributed by atoms with Crippen LogP contribution in [0, 0.1) is 0 Å². The Labute approximate surface area is 165 Å². The third-order valence-corrected chi connectivity index (χ3v) is 4.93. The first kappa shape index (κ1) is 19.5. The van der Waals surface area contributed by atoms with Crippen LogP contribution < -0.4 is 16.2 Å². The highest BCUT2D eigenvalue weighted by molar-refractivity contribution is 7.14. The van der Waals surface area contributed by atoms with Gasteiger partial charge in [-0.25, -0.2) is 4.98 Å². The molecule has 0 saturated heterocycles. The number of carbonyl (C=O) groups is 2. The van der Waals surface area contributed by atoms with E-state index in [1.54, 1.807) is 11.4 Å². The van der Waals surface area contributed by atoms with Gasteiger partial charge in [-0.2, -0.15) is 0 Å². The van der Waals surface area contributed by atoms with Crippen molar-refractivity contribution in [2.24, 2.45) is 0 Å². The summed E-state index contributed by atoms with van der Waals surface area (Å²) in [4.78, 5) is 42.7. The minimum Gasteiger partial charge on any atom is -0.350 e. The van der Waals surface area contributed by atoms with Gasteiger partial charge < -0.3 is 10.3 Å². The van der Waals surface area contributed by atoms with Crippen molar-refractivity contribution in [3.05, 3.63) is 81.2 Å². The smallest absolute Gasteiger partial charge is 0.263 e. The molecule has 0 radical (unpaired) electrons. The lowest BCUT2D eigenvalue weighted by Gasteiger charge is -2.13. The Kier molecular flexibility index (Phi) is 6.33. The van der Waals surface area contributed by atoms with Crippen molar-refractivity contribution in [1.82, 2.24) is 15.3 Å². The lowest BCUT2D eigenvalue weighted by Crippen LogP contribution is -2.26. The molecule has 0 aliphatic carbocycles. The number of anilines is 1. The summed E-state index contributed by atoms with van der Waals surface area (Å²) in [5.41, 5.74) is 1.32. The summed E-state index contributed by atoms with van der Waals surface area (Å²) in [6.07, 6.45) is 2.22. The van der Waals surface area contributed by atoms with E-state index in [1.165, 1.54) is 23.6 Å². The van der Waals surface area contributed by atoms with E-state index in [2.05, 4.69) is 20.6 Å². The molecule has 1 atom stereocenters. The molecule has 0 bridgehead atoms. The lowest BCUT2D eigenvalue weighted by atomic mass is 10.1. The molecule has 1 aromatic carbocycles. The molecular formula is C20H20N4O3S. The standard InChI is InChI=1S/C20H20N4O3S/c1-13(14-6-3-2-4-7-14)22-17(25)10-9-15-12-28-20(23-15)24-19(27)16-8-5-11-21-18(16)26/h2-8,11-13H,9-10H2,1H3,(H,21,26)(H,22,25)(H,23,24,27)/t13-/m0/s1. The number of rotatable bonds is 7. The van der Waals surface area contributed by atoms with E-state index in [4.69, 9.17) is 0 Å². The van der Waals surface area contributed by atoms with Crippen molar-refractivity contribution in [1.29, 1.82) is 0 Å². The minimum absolute atomic E-state index is 0.0218. The first-order chi connectivity index (χ1) is 13.5. The van der Waals surface area contributed by atoms with Gasteiger partial charge in [-0.15, -0.1) is 11.3 Å². The van der Waals surface area contributed by atoms with Gasteiger partial charge in [0.15, 0.2) is 5.13 Å². The second-order valence-corrected chi connectivity index (χ2v) is 7.07. The van der Waals surface area contributed by atoms with Gasteiger partial charge in [0, 0.05) is 18.0 Å². The van der Waals surface area contributed by atoms with Crippen LogP contribution in [0.15, 0.2) is 58.8 Å². The van der Waals surface area contributed by atoms with Crippen molar-refractivity contribution in [3.8, 4) is 0 Å². The van der Waals surface area contributed by atoms with Gasteiger partial charge in [-0.05, 0) is 31.0 Å². The molecule has 0 fully saturated rings. The number of thiazole rings is 1. The number of pyridine rings is 1. The highest BCUT2D eigenvalue weighted by Crippen LogP contribution is 2.17. The Morgan fingerprint density at radius 2 is 1.96 bits per heavy atom. The number of hydrogen-bond donors (Lipinski definition) is 3. The van der Waals surface area contributed by atoms with Crippen LogP contribution in [0.5, 0.6) is 0 Å². The van der Waals surface area contributed by atoms with Crippen LogP contribution in [0.4, 0.5) is 5.13 Å². The van der Waals surface area contributed by atoms with Crippen LogP contribution in [0.3, 0.4) is 0 Å². The average molecular weight is 396 g/mol. The van der Waals surface area contributed by atoms with E-state index < -0.39 is 11.5 Å². The fraction of sp³-hybridized carbons (Fsp3) is 0.200. The van der Waals surface area contributed by atoms with E-state index in [9.17, 15) is 14.4 Å². The molecule has 3 N–H and O–H groups in total. The summed E-state index contributed by atoms with van der Waals surface area (Å²) in [6, 6.07) is 12.7. The SMILES string of the molecule is C[C@H](NC(=O)CCc1csc(NC(=O)c2ccc[nH]c2=O)n1)c1ccccc1. The third kappa shape index (κ3) is 5.14. The van der Waals surface area contributed by atoms with Crippen LogP contribution in [-0.2, 0) is 11.2 Å². The van der Waals surface area contributed by atoms with Crippen LogP contribution in [-0.4, -0.2) is 21.8 Å². The molecule has 3 rings (SSSR count). The fourth-order valence-electron chi connectivity index (χ4n) is 2.62. The highest BCUT2D eigenvalue weighted by Gasteiger charge is 2.13. The van der Waals surface area contributed by atoms with Crippen LogP contribution in [0.1, 0.15) is 41.0 Å². The van der Waals surface area contributed by atoms with Crippen LogP contribution in [0.25, 0.3) is 0 Å². The predicted octanol–water partition coefficient (Wildman–Crippen LogP) is 2.89. The molecule has 0 aliphatic rings. The zero-order valence-corrected chi connectivity index (χ0v) is 16.1. The normalized spacial score (nSPS) is 11.6. The largest absolute Gasteiger partial charge is 0.350 e. The van der Waals surface area contributed by atoms with Gasteiger partial charge in [0.2, 0.25) is 5.91 Å². The number of nitrogens with one attached hydrogen (secondary N) is 3. The van der Waals surface area contributed by atoms with Gasteiger partial charge >= 0.3 is 0 Å². The summed E-state index contributed by atoms with van der Waals surface area (Å²) in [5, 5.41) is 7.75. The molecule has 0 aliphatic heterocycles. The Bertz CT molecular complexity index is 1010. The van der Waals surface area contributed by atoms with Crippen molar-refractivity contribution in [3.63, 3.8) is 0 Å². The minimum atomic E-state index is -0.517. The van der Waals surface area contributed by atoms with E-state index in [-0.39, 0.29) is 17.5 Å². The average Bonchev–Trinajstić information content (AvgIpc) is 3.14. The number of carbonyl (C=O) groups excluding carboxylic acids is 2. The molecule has 7 nitrogen and oxygen atoms in total. The molecular weight excluding hydrogens is 376 g/mol. The molecule has 0 spiro atoms. The quantitative estimate of drug-likeness (QED) is 0.571. The monoisotopic (exact) mass is 396 g/mol. The van der Waals surface area contributed by atoms with Gasteiger partial charge in [0.05, 0.1) is 11.7 Å². The summed E-state index contributed by atoms with van der Waals surface area (Å²) in [5.74, 6) is -0.581. The molecule has 28 heavy (non-hydrogen) atoms. The molecule has 2 heterocycles.